The smallest absolute Gasteiger partial charge is 0.335 e. The Morgan fingerprint density at radius 2 is 2.29 bits per heavy atom. The molecule has 0 aliphatic carbocycles. The number of carbonyl (C=O) groups is 1. The summed E-state index contributed by atoms with van der Waals surface area (Å²) in [4.78, 5) is 15.3. The van der Waals surface area contributed by atoms with E-state index in [4.69, 9.17) is 9.84 Å². The number of aromatic nitrogens is 1. The summed E-state index contributed by atoms with van der Waals surface area (Å²) in [6, 6.07) is 5.22. The molecular formula is C15H16INO3S. The number of halogens is 1. The number of aromatic carboxylic acids is 1. The zero-order chi connectivity index (χ0) is 15.2. The molecule has 1 heterocycles. The summed E-state index contributed by atoms with van der Waals surface area (Å²) in [5, 5.41) is 12.0. The zero-order valence-corrected chi connectivity index (χ0v) is 14.6. The second-order valence-corrected chi connectivity index (χ2v) is 6.75. The van der Waals surface area contributed by atoms with E-state index in [1.807, 2.05) is 18.4 Å². The Morgan fingerprint density at radius 3 is 2.95 bits per heavy atom. The molecule has 0 fully saturated rings. The van der Waals surface area contributed by atoms with Crippen molar-refractivity contribution in [2.24, 2.45) is 0 Å². The summed E-state index contributed by atoms with van der Waals surface area (Å²) in [6.07, 6.45) is 1.68. The summed E-state index contributed by atoms with van der Waals surface area (Å²) < 4.78 is 6.69. The fourth-order valence-electron chi connectivity index (χ4n) is 1.89. The molecule has 21 heavy (non-hydrogen) atoms. The molecule has 112 valence electrons. The monoisotopic (exact) mass is 417 g/mol. The molecule has 1 aromatic heterocycles. The number of benzene rings is 1. The van der Waals surface area contributed by atoms with Gasteiger partial charge in [0.1, 0.15) is 5.01 Å². The second kappa shape index (κ2) is 7.86. The highest BCUT2D eigenvalue weighted by Crippen LogP contribution is 2.17. The van der Waals surface area contributed by atoms with Crippen LogP contribution in [0, 0.1) is 10.5 Å². The largest absolute Gasteiger partial charge is 0.478 e. The normalized spacial score (nSPS) is 10.8. The van der Waals surface area contributed by atoms with Crippen molar-refractivity contribution in [2.45, 2.75) is 26.4 Å². The minimum absolute atomic E-state index is 0.338. The summed E-state index contributed by atoms with van der Waals surface area (Å²) >= 11 is 3.84. The Labute approximate surface area is 141 Å². The molecule has 0 aliphatic rings. The van der Waals surface area contributed by atoms with Crippen LogP contribution in [0.5, 0.6) is 0 Å². The standard InChI is InChI=1S/C15H16INO3S/c1-10-9-21-14(17-10)8-20-6-2-3-11-7-12(15(18)19)4-5-13(11)16/h4-5,7,9H,2-3,6,8H2,1H3,(H,18,19). The Hall–Kier alpha value is -0.990. The van der Waals surface area contributed by atoms with Gasteiger partial charge in [0.2, 0.25) is 0 Å². The van der Waals surface area contributed by atoms with Gasteiger partial charge in [-0.2, -0.15) is 0 Å². The van der Waals surface area contributed by atoms with Crippen molar-refractivity contribution in [1.82, 2.24) is 4.98 Å². The summed E-state index contributed by atoms with van der Waals surface area (Å²) in [7, 11) is 0. The Balaban J connectivity index is 1.78. The number of nitrogens with zero attached hydrogens (tertiary/aromatic N) is 1. The second-order valence-electron chi connectivity index (χ2n) is 4.65. The topological polar surface area (TPSA) is 59.4 Å². The molecule has 1 aromatic carbocycles. The Bertz CT molecular complexity index is 627. The predicted octanol–water partition coefficient (Wildman–Crippen LogP) is 3.90. The van der Waals surface area contributed by atoms with E-state index in [1.165, 1.54) is 0 Å². The van der Waals surface area contributed by atoms with E-state index in [-0.39, 0.29) is 0 Å². The fraction of sp³-hybridized carbons (Fsp3) is 0.333. The van der Waals surface area contributed by atoms with Crippen LogP contribution in [-0.4, -0.2) is 22.7 Å². The van der Waals surface area contributed by atoms with Gasteiger partial charge in [-0.05, 0) is 66.1 Å². The number of ether oxygens (including phenoxy) is 1. The van der Waals surface area contributed by atoms with Crippen molar-refractivity contribution in [3.63, 3.8) is 0 Å². The van der Waals surface area contributed by atoms with Gasteiger partial charge in [-0.25, -0.2) is 9.78 Å². The van der Waals surface area contributed by atoms with Gasteiger partial charge in [-0.15, -0.1) is 11.3 Å². The lowest BCUT2D eigenvalue weighted by molar-refractivity contribution is 0.0696. The van der Waals surface area contributed by atoms with Gasteiger partial charge in [0.15, 0.2) is 0 Å². The van der Waals surface area contributed by atoms with Crippen molar-refractivity contribution in [1.29, 1.82) is 0 Å². The molecule has 0 saturated carbocycles. The van der Waals surface area contributed by atoms with Gasteiger partial charge in [0, 0.05) is 21.3 Å². The van der Waals surface area contributed by atoms with Gasteiger partial charge >= 0.3 is 5.97 Å². The molecule has 0 spiro atoms. The third kappa shape index (κ3) is 5.05. The first-order valence-electron chi connectivity index (χ1n) is 6.56. The van der Waals surface area contributed by atoms with Crippen molar-refractivity contribution >= 4 is 39.9 Å². The van der Waals surface area contributed by atoms with E-state index in [0.717, 1.165) is 32.7 Å². The van der Waals surface area contributed by atoms with E-state index < -0.39 is 5.97 Å². The van der Waals surface area contributed by atoms with Crippen LogP contribution >= 0.6 is 33.9 Å². The lowest BCUT2D eigenvalue weighted by Crippen LogP contribution is -2.02. The van der Waals surface area contributed by atoms with Crippen LogP contribution in [0.2, 0.25) is 0 Å². The Morgan fingerprint density at radius 1 is 1.48 bits per heavy atom. The van der Waals surface area contributed by atoms with Crippen LogP contribution in [0.25, 0.3) is 0 Å². The highest BCUT2D eigenvalue weighted by atomic mass is 127. The number of carboxylic acid groups (broad SMARTS) is 1. The van der Waals surface area contributed by atoms with E-state index in [1.54, 1.807) is 23.5 Å². The van der Waals surface area contributed by atoms with Crippen LogP contribution < -0.4 is 0 Å². The van der Waals surface area contributed by atoms with Crippen molar-refractivity contribution in [3.05, 3.63) is 49.0 Å². The van der Waals surface area contributed by atoms with Crippen LogP contribution in [0.1, 0.15) is 33.0 Å². The average Bonchev–Trinajstić information content (AvgIpc) is 2.85. The van der Waals surface area contributed by atoms with Crippen molar-refractivity contribution in [2.75, 3.05) is 6.61 Å². The maximum Gasteiger partial charge on any atom is 0.335 e. The van der Waals surface area contributed by atoms with Crippen molar-refractivity contribution < 1.29 is 14.6 Å². The molecule has 6 heteroatoms. The molecule has 0 atom stereocenters. The number of aryl methyl sites for hydroxylation is 2. The Kier molecular flexibility index (Phi) is 6.13. The third-order valence-electron chi connectivity index (χ3n) is 2.92. The van der Waals surface area contributed by atoms with Crippen LogP contribution in [-0.2, 0) is 17.8 Å². The third-order valence-corrected chi connectivity index (χ3v) is 4.91. The number of hydrogen-bond acceptors (Lipinski definition) is 4. The SMILES string of the molecule is Cc1csc(COCCCc2cc(C(=O)O)ccc2I)n1. The first kappa shape index (κ1) is 16.4. The first-order chi connectivity index (χ1) is 10.1. The van der Waals surface area contributed by atoms with Gasteiger partial charge in [-0.3, -0.25) is 0 Å². The molecule has 0 saturated heterocycles. The number of thiazole rings is 1. The molecule has 2 rings (SSSR count). The van der Waals surface area contributed by atoms with E-state index in [0.29, 0.717) is 18.8 Å². The summed E-state index contributed by atoms with van der Waals surface area (Å²) in [6.45, 7) is 3.16. The van der Waals surface area contributed by atoms with Gasteiger partial charge in [0.05, 0.1) is 12.2 Å². The number of rotatable bonds is 7. The molecule has 4 nitrogen and oxygen atoms in total. The lowest BCUT2D eigenvalue weighted by Gasteiger charge is -2.06. The van der Waals surface area contributed by atoms with Gasteiger partial charge in [0.25, 0.3) is 0 Å². The van der Waals surface area contributed by atoms with Crippen LogP contribution in [0.3, 0.4) is 0 Å². The summed E-state index contributed by atoms with van der Waals surface area (Å²) in [5.74, 6) is -0.886. The highest BCUT2D eigenvalue weighted by Gasteiger charge is 2.07. The van der Waals surface area contributed by atoms with E-state index in [9.17, 15) is 4.79 Å². The zero-order valence-electron chi connectivity index (χ0n) is 11.6. The molecule has 0 unspecified atom stereocenters. The van der Waals surface area contributed by atoms with Gasteiger partial charge < -0.3 is 9.84 Å². The van der Waals surface area contributed by atoms with E-state index >= 15 is 0 Å². The minimum atomic E-state index is -0.886. The van der Waals surface area contributed by atoms with E-state index in [2.05, 4.69) is 27.6 Å². The van der Waals surface area contributed by atoms with Crippen molar-refractivity contribution in [3.8, 4) is 0 Å². The molecule has 0 amide bonds. The van der Waals surface area contributed by atoms with Gasteiger partial charge in [-0.1, -0.05) is 0 Å². The molecular weight excluding hydrogens is 401 g/mol. The predicted molar refractivity (Wildman–Crippen MR) is 90.9 cm³/mol. The summed E-state index contributed by atoms with van der Waals surface area (Å²) in [5.41, 5.74) is 2.42. The van der Waals surface area contributed by atoms with Crippen LogP contribution in [0.15, 0.2) is 23.6 Å². The molecule has 0 radical (unpaired) electrons. The lowest BCUT2D eigenvalue weighted by atomic mass is 10.1. The molecule has 0 aliphatic heterocycles. The quantitative estimate of drug-likeness (QED) is 0.549. The fourth-order valence-corrected chi connectivity index (χ4v) is 3.21. The average molecular weight is 417 g/mol. The first-order valence-corrected chi connectivity index (χ1v) is 8.52. The molecule has 1 N–H and O–H groups in total. The molecule has 0 bridgehead atoms. The maximum atomic E-state index is 11.0. The maximum absolute atomic E-state index is 11.0. The number of hydrogen-bond donors (Lipinski definition) is 1. The molecule has 2 aromatic rings. The number of carboxylic acids is 1. The minimum Gasteiger partial charge on any atom is -0.478 e. The van der Waals surface area contributed by atoms with Crippen LogP contribution in [0.4, 0.5) is 0 Å². The highest BCUT2D eigenvalue weighted by molar-refractivity contribution is 14.1.